The van der Waals surface area contributed by atoms with Gasteiger partial charge in [-0.05, 0) is 55.7 Å². The van der Waals surface area contributed by atoms with E-state index in [0.29, 0.717) is 32.1 Å². The van der Waals surface area contributed by atoms with Crippen LogP contribution in [0.25, 0.3) is 6.08 Å². The van der Waals surface area contributed by atoms with Gasteiger partial charge >= 0.3 is 0 Å². The average molecular weight is 517 g/mol. The number of rotatable bonds is 9. The van der Waals surface area contributed by atoms with E-state index >= 15 is 0 Å². The second kappa shape index (κ2) is 15.6. The third kappa shape index (κ3) is 8.20. The molecule has 0 aliphatic carbocycles. The molecule has 0 atom stereocenters. The molecule has 1 aliphatic rings. The fourth-order valence-corrected chi connectivity index (χ4v) is 4.53. The van der Waals surface area contributed by atoms with Crippen LogP contribution in [0.2, 0.25) is 0 Å². The van der Waals surface area contributed by atoms with Crippen molar-refractivity contribution in [3.05, 3.63) is 102 Å². The third-order valence-electron chi connectivity index (χ3n) is 6.21. The Bertz CT molecular complexity index is 1090. The number of amides is 1. The minimum Gasteiger partial charge on any atom is -0.490 e. The van der Waals surface area contributed by atoms with Gasteiger partial charge in [0.15, 0.2) is 11.5 Å². The molecule has 1 aliphatic heterocycles. The maximum Gasteiger partial charge on any atom is 0.246 e. The van der Waals surface area contributed by atoms with Crippen molar-refractivity contribution in [1.82, 2.24) is 9.80 Å². The number of hydrogen-bond acceptors (Lipinski definition) is 5. The highest BCUT2D eigenvalue weighted by Gasteiger charge is 2.27. The summed E-state index contributed by atoms with van der Waals surface area (Å²) in [5.74, 6) is 1.46. The standard InChI is InChI=1S/C30H34N2O3.C2H6O/c1-3-34-27-17-15-24(23-28(27)35-4-2)16-18-29(33)31-19-21-32(22-20-31)30(25-11-7-5-8-12-25)26-13-9-6-10-14-26;1-2-3/h5-18,23,30H,3-4,19-22H2,1-2H3;3H,2H2,1H3/b18-16+;. The maximum absolute atomic E-state index is 12.9. The van der Waals surface area contributed by atoms with Crippen LogP contribution in [0.5, 0.6) is 11.5 Å². The molecule has 6 nitrogen and oxygen atoms in total. The van der Waals surface area contributed by atoms with Crippen LogP contribution in [-0.2, 0) is 4.79 Å². The molecule has 1 saturated heterocycles. The number of nitrogens with zero attached hydrogens (tertiary/aromatic N) is 2. The van der Waals surface area contributed by atoms with Crippen LogP contribution in [0.3, 0.4) is 0 Å². The molecule has 1 N–H and O–H groups in total. The Hall–Kier alpha value is -3.61. The summed E-state index contributed by atoms with van der Waals surface area (Å²) < 4.78 is 11.3. The van der Waals surface area contributed by atoms with Gasteiger partial charge in [0.2, 0.25) is 5.91 Å². The largest absolute Gasteiger partial charge is 0.490 e. The Kier molecular flexibility index (Phi) is 11.9. The second-order valence-electron chi connectivity index (χ2n) is 8.81. The van der Waals surface area contributed by atoms with Crippen LogP contribution < -0.4 is 9.47 Å². The minimum atomic E-state index is 0.0347. The van der Waals surface area contributed by atoms with Crippen LogP contribution in [0, 0.1) is 0 Å². The quantitative estimate of drug-likeness (QED) is 0.384. The van der Waals surface area contributed by atoms with Gasteiger partial charge in [-0.15, -0.1) is 0 Å². The van der Waals surface area contributed by atoms with Crippen molar-refractivity contribution in [3.63, 3.8) is 0 Å². The van der Waals surface area contributed by atoms with E-state index in [4.69, 9.17) is 14.6 Å². The zero-order valence-electron chi connectivity index (χ0n) is 22.8. The Balaban J connectivity index is 0.00000127. The number of carbonyl (C=O) groups excluding carboxylic acids is 1. The average Bonchev–Trinajstić information content (AvgIpc) is 2.95. The van der Waals surface area contributed by atoms with Crippen molar-refractivity contribution >= 4 is 12.0 Å². The molecule has 0 bridgehead atoms. The van der Waals surface area contributed by atoms with Gasteiger partial charge < -0.3 is 19.5 Å². The van der Waals surface area contributed by atoms with Gasteiger partial charge in [0.05, 0.1) is 19.3 Å². The predicted octanol–water partition coefficient (Wildman–Crippen LogP) is 5.43. The first-order chi connectivity index (χ1) is 18.6. The summed E-state index contributed by atoms with van der Waals surface area (Å²) in [7, 11) is 0. The van der Waals surface area contributed by atoms with Crippen LogP contribution in [0.4, 0.5) is 0 Å². The Morgan fingerprint density at radius 1 is 0.816 bits per heavy atom. The summed E-state index contributed by atoms with van der Waals surface area (Å²) in [5.41, 5.74) is 3.47. The fourth-order valence-electron chi connectivity index (χ4n) is 4.53. The van der Waals surface area contributed by atoms with Gasteiger partial charge in [-0.2, -0.15) is 0 Å². The zero-order valence-corrected chi connectivity index (χ0v) is 22.8. The normalized spacial score (nSPS) is 13.8. The molecule has 1 amide bonds. The molecule has 0 aromatic heterocycles. The van der Waals surface area contributed by atoms with Crippen molar-refractivity contribution in [1.29, 1.82) is 0 Å². The molecule has 3 aromatic rings. The van der Waals surface area contributed by atoms with Crippen molar-refractivity contribution in [3.8, 4) is 11.5 Å². The summed E-state index contributed by atoms with van der Waals surface area (Å²) in [6, 6.07) is 27.2. The summed E-state index contributed by atoms with van der Waals surface area (Å²) in [5, 5.41) is 7.57. The van der Waals surface area contributed by atoms with Crippen LogP contribution in [0.1, 0.15) is 43.5 Å². The highest BCUT2D eigenvalue weighted by Crippen LogP contribution is 2.30. The van der Waals surface area contributed by atoms with Crippen LogP contribution in [-0.4, -0.2) is 66.8 Å². The van der Waals surface area contributed by atoms with E-state index in [1.807, 2.05) is 43.0 Å². The first-order valence-corrected chi connectivity index (χ1v) is 13.4. The molecule has 4 rings (SSSR count). The SMILES string of the molecule is CCO.CCOc1ccc(/C=C/C(=O)N2CCN(C(c3ccccc3)c3ccccc3)CC2)cc1OCC. The van der Waals surface area contributed by atoms with Crippen LogP contribution in [0.15, 0.2) is 84.9 Å². The number of aliphatic hydroxyl groups is 1. The number of benzene rings is 3. The van der Waals surface area contributed by atoms with Gasteiger partial charge in [-0.1, -0.05) is 66.7 Å². The number of carbonyl (C=O) groups is 1. The molecule has 1 heterocycles. The summed E-state index contributed by atoms with van der Waals surface area (Å²) in [6.45, 7) is 10.0. The molecule has 3 aromatic carbocycles. The van der Waals surface area contributed by atoms with E-state index in [0.717, 1.165) is 24.4 Å². The third-order valence-corrected chi connectivity index (χ3v) is 6.21. The summed E-state index contributed by atoms with van der Waals surface area (Å²) in [6.07, 6.45) is 3.51. The zero-order chi connectivity index (χ0) is 27.2. The molecular weight excluding hydrogens is 476 g/mol. The molecule has 202 valence electrons. The van der Waals surface area contributed by atoms with E-state index < -0.39 is 0 Å². The van der Waals surface area contributed by atoms with Crippen molar-refractivity contribution < 1.29 is 19.4 Å². The smallest absolute Gasteiger partial charge is 0.246 e. The maximum atomic E-state index is 12.9. The highest BCUT2D eigenvalue weighted by atomic mass is 16.5. The lowest BCUT2D eigenvalue weighted by Crippen LogP contribution is -2.49. The Labute approximate surface area is 227 Å². The van der Waals surface area contributed by atoms with E-state index in [-0.39, 0.29) is 18.6 Å². The molecular formula is C32H40N2O4. The van der Waals surface area contributed by atoms with Gasteiger partial charge in [-0.25, -0.2) is 0 Å². The Morgan fingerprint density at radius 3 is 1.87 bits per heavy atom. The Morgan fingerprint density at radius 2 is 1.34 bits per heavy atom. The lowest BCUT2D eigenvalue weighted by molar-refractivity contribution is -0.127. The highest BCUT2D eigenvalue weighted by molar-refractivity contribution is 5.92. The van der Waals surface area contributed by atoms with E-state index in [1.165, 1.54) is 11.1 Å². The number of piperazine rings is 1. The van der Waals surface area contributed by atoms with E-state index in [9.17, 15) is 4.79 Å². The fraction of sp³-hybridized carbons (Fsp3) is 0.344. The molecule has 6 heteroatoms. The number of ether oxygens (including phenoxy) is 2. The molecule has 38 heavy (non-hydrogen) atoms. The molecule has 0 radical (unpaired) electrons. The second-order valence-corrected chi connectivity index (χ2v) is 8.81. The van der Waals surface area contributed by atoms with Gasteiger partial charge in [0.1, 0.15) is 0 Å². The minimum absolute atomic E-state index is 0.0347. The van der Waals surface area contributed by atoms with E-state index in [2.05, 4.69) is 65.6 Å². The van der Waals surface area contributed by atoms with Crippen molar-refractivity contribution in [2.24, 2.45) is 0 Å². The van der Waals surface area contributed by atoms with Crippen molar-refractivity contribution in [2.75, 3.05) is 46.0 Å². The monoisotopic (exact) mass is 516 g/mol. The predicted molar refractivity (Wildman–Crippen MR) is 153 cm³/mol. The van der Waals surface area contributed by atoms with Gasteiger partial charge in [0.25, 0.3) is 0 Å². The lowest BCUT2D eigenvalue weighted by atomic mass is 9.96. The topological polar surface area (TPSA) is 62.2 Å². The molecule has 0 spiro atoms. The molecule has 0 saturated carbocycles. The molecule has 1 fully saturated rings. The summed E-state index contributed by atoms with van der Waals surface area (Å²) in [4.78, 5) is 17.3. The van der Waals surface area contributed by atoms with E-state index in [1.54, 1.807) is 13.0 Å². The molecule has 0 unspecified atom stereocenters. The number of aliphatic hydroxyl groups excluding tert-OH is 1. The first kappa shape index (κ1) is 29.0. The summed E-state index contributed by atoms with van der Waals surface area (Å²) >= 11 is 0. The lowest BCUT2D eigenvalue weighted by Gasteiger charge is -2.39. The number of hydrogen-bond donors (Lipinski definition) is 1. The first-order valence-electron chi connectivity index (χ1n) is 13.4. The van der Waals surface area contributed by atoms with Gasteiger partial charge in [0, 0.05) is 38.9 Å². The van der Waals surface area contributed by atoms with Gasteiger partial charge in [-0.3, -0.25) is 9.69 Å². The van der Waals surface area contributed by atoms with Crippen molar-refractivity contribution in [2.45, 2.75) is 26.8 Å². The van der Waals surface area contributed by atoms with Crippen LogP contribution >= 0.6 is 0 Å².